The van der Waals surface area contributed by atoms with Crippen LogP contribution in [0.5, 0.6) is 0 Å². The van der Waals surface area contributed by atoms with E-state index in [9.17, 15) is 4.57 Å². The van der Waals surface area contributed by atoms with E-state index in [1.807, 2.05) is 45.9 Å². The van der Waals surface area contributed by atoms with Crippen molar-refractivity contribution in [2.75, 3.05) is 24.8 Å². The molecule has 0 saturated carbocycles. The molecule has 0 aliphatic rings. The summed E-state index contributed by atoms with van der Waals surface area (Å²) in [5, 5.41) is 3.18. The first kappa shape index (κ1) is 15.2. The quantitative estimate of drug-likeness (QED) is 0.763. The molecule has 0 radical (unpaired) electrons. The Labute approximate surface area is 109 Å². The molecule has 0 bridgehead atoms. The van der Waals surface area contributed by atoms with Gasteiger partial charge in [0.05, 0.1) is 13.2 Å². The fraction of sp³-hybridized carbons (Fsp3) is 0.538. The molecule has 0 aromatic heterocycles. The molecule has 0 amide bonds. The Bertz CT molecular complexity index is 404. The summed E-state index contributed by atoms with van der Waals surface area (Å²) in [7, 11) is -3.04. The average Bonchev–Trinajstić information content (AvgIpc) is 2.29. The van der Waals surface area contributed by atoms with E-state index in [2.05, 4.69) is 5.32 Å². The van der Waals surface area contributed by atoms with E-state index in [4.69, 9.17) is 9.05 Å². The number of benzene rings is 1. The summed E-state index contributed by atoms with van der Waals surface area (Å²) in [5.41, 5.74) is 3.24. The highest BCUT2D eigenvalue weighted by atomic mass is 31.2. The lowest BCUT2D eigenvalue weighted by molar-refractivity contribution is 0.221. The van der Waals surface area contributed by atoms with Gasteiger partial charge in [0, 0.05) is 5.69 Å². The molecule has 0 aliphatic heterocycles. The van der Waals surface area contributed by atoms with Gasteiger partial charge in [-0.05, 0) is 38.8 Å². The van der Waals surface area contributed by atoms with Crippen molar-refractivity contribution < 1.29 is 13.6 Å². The standard InChI is InChI=1S/C13H22NO3P/c1-5-16-18(15,17-6-2)10-14-13-11(3)8-7-9-12(13)4/h7-9,14H,5-6,10H2,1-4H3. The van der Waals surface area contributed by atoms with Gasteiger partial charge in [-0.25, -0.2) is 0 Å². The van der Waals surface area contributed by atoms with Crippen LogP contribution >= 0.6 is 7.60 Å². The maximum atomic E-state index is 12.3. The van der Waals surface area contributed by atoms with Crippen LogP contribution in [0.2, 0.25) is 0 Å². The minimum Gasteiger partial charge on any atom is -0.374 e. The highest BCUT2D eigenvalue weighted by molar-refractivity contribution is 7.53. The summed E-state index contributed by atoms with van der Waals surface area (Å²) in [5.74, 6) is 0. The third-order valence-electron chi connectivity index (χ3n) is 2.58. The fourth-order valence-corrected chi connectivity index (χ4v) is 3.19. The van der Waals surface area contributed by atoms with Crippen LogP contribution in [0.3, 0.4) is 0 Å². The third-order valence-corrected chi connectivity index (χ3v) is 4.43. The molecule has 1 rings (SSSR count). The number of rotatable bonds is 7. The van der Waals surface area contributed by atoms with Gasteiger partial charge in [-0.1, -0.05) is 18.2 Å². The number of anilines is 1. The molecule has 1 aromatic carbocycles. The van der Waals surface area contributed by atoms with Gasteiger partial charge in [-0.15, -0.1) is 0 Å². The lowest BCUT2D eigenvalue weighted by atomic mass is 10.1. The largest absolute Gasteiger partial charge is 0.374 e. The molecule has 0 spiro atoms. The van der Waals surface area contributed by atoms with Crippen molar-refractivity contribution in [2.24, 2.45) is 0 Å². The minimum absolute atomic E-state index is 0.195. The van der Waals surface area contributed by atoms with E-state index >= 15 is 0 Å². The first-order chi connectivity index (χ1) is 8.52. The van der Waals surface area contributed by atoms with Crippen LogP contribution in [0.1, 0.15) is 25.0 Å². The second-order valence-electron chi connectivity index (χ2n) is 4.05. The van der Waals surface area contributed by atoms with Gasteiger partial charge in [0.15, 0.2) is 0 Å². The number of nitrogens with one attached hydrogen (secondary N) is 1. The van der Waals surface area contributed by atoms with Gasteiger partial charge in [-0.3, -0.25) is 4.57 Å². The van der Waals surface area contributed by atoms with Crippen molar-refractivity contribution in [3.05, 3.63) is 29.3 Å². The molecule has 5 heteroatoms. The van der Waals surface area contributed by atoms with Crippen LogP contribution in [0, 0.1) is 13.8 Å². The van der Waals surface area contributed by atoms with E-state index in [0.29, 0.717) is 13.2 Å². The molecular weight excluding hydrogens is 249 g/mol. The highest BCUT2D eigenvalue weighted by Gasteiger charge is 2.23. The molecule has 18 heavy (non-hydrogen) atoms. The second kappa shape index (κ2) is 6.93. The Hall–Kier alpha value is -0.830. The van der Waals surface area contributed by atoms with Crippen molar-refractivity contribution in [2.45, 2.75) is 27.7 Å². The number of aryl methyl sites for hydroxylation is 2. The minimum atomic E-state index is -3.04. The van der Waals surface area contributed by atoms with Crippen molar-refractivity contribution in [1.82, 2.24) is 0 Å². The topological polar surface area (TPSA) is 47.6 Å². The fourth-order valence-electron chi connectivity index (χ4n) is 1.79. The molecule has 1 aromatic rings. The molecule has 0 aliphatic carbocycles. The van der Waals surface area contributed by atoms with Crippen LogP contribution in [0.15, 0.2) is 18.2 Å². The van der Waals surface area contributed by atoms with E-state index in [0.717, 1.165) is 16.8 Å². The van der Waals surface area contributed by atoms with Crippen LogP contribution in [-0.2, 0) is 13.6 Å². The predicted octanol–water partition coefficient (Wildman–Crippen LogP) is 3.94. The van der Waals surface area contributed by atoms with E-state index in [1.54, 1.807) is 0 Å². The Morgan fingerprint density at radius 2 is 1.61 bits per heavy atom. The van der Waals surface area contributed by atoms with Gasteiger partial charge in [0.25, 0.3) is 0 Å². The molecular formula is C13H22NO3P. The van der Waals surface area contributed by atoms with Crippen LogP contribution in [-0.4, -0.2) is 19.5 Å². The lowest BCUT2D eigenvalue weighted by Gasteiger charge is -2.19. The predicted molar refractivity (Wildman–Crippen MR) is 75.3 cm³/mol. The maximum absolute atomic E-state index is 12.3. The number of hydrogen-bond acceptors (Lipinski definition) is 4. The van der Waals surface area contributed by atoms with Crippen LogP contribution in [0.4, 0.5) is 5.69 Å². The molecule has 0 heterocycles. The first-order valence-electron chi connectivity index (χ1n) is 6.20. The van der Waals surface area contributed by atoms with E-state index in [1.165, 1.54) is 0 Å². The first-order valence-corrected chi connectivity index (χ1v) is 7.93. The zero-order chi connectivity index (χ0) is 13.6. The Kier molecular flexibility index (Phi) is 5.86. The summed E-state index contributed by atoms with van der Waals surface area (Å²) < 4.78 is 22.8. The van der Waals surface area contributed by atoms with Crippen molar-refractivity contribution in [1.29, 1.82) is 0 Å². The molecule has 1 N–H and O–H groups in total. The molecule has 4 nitrogen and oxygen atoms in total. The van der Waals surface area contributed by atoms with Gasteiger partial charge in [0.1, 0.15) is 6.29 Å². The van der Waals surface area contributed by atoms with E-state index < -0.39 is 7.60 Å². The third kappa shape index (κ3) is 4.13. The monoisotopic (exact) mass is 271 g/mol. The summed E-state index contributed by atoms with van der Waals surface area (Å²) in [6.07, 6.45) is 0.195. The SMILES string of the molecule is CCOP(=O)(CNc1c(C)cccc1C)OCC. The molecule has 0 unspecified atom stereocenters. The molecule has 0 atom stereocenters. The molecule has 102 valence electrons. The highest BCUT2D eigenvalue weighted by Crippen LogP contribution is 2.47. The second-order valence-corrected chi connectivity index (χ2v) is 6.10. The Balaban J connectivity index is 2.76. The summed E-state index contributed by atoms with van der Waals surface area (Å²) in [6.45, 7) is 8.41. The maximum Gasteiger partial charge on any atom is 0.349 e. The average molecular weight is 271 g/mol. The zero-order valence-electron chi connectivity index (χ0n) is 11.5. The normalized spacial score (nSPS) is 11.6. The van der Waals surface area contributed by atoms with Crippen LogP contribution < -0.4 is 5.32 Å². The number of hydrogen-bond donors (Lipinski definition) is 1. The summed E-state index contributed by atoms with van der Waals surface area (Å²) in [4.78, 5) is 0. The Morgan fingerprint density at radius 3 is 2.06 bits per heavy atom. The summed E-state index contributed by atoms with van der Waals surface area (Å²) in [6, 6.07) is 6.03. The van der Waals surface area contributed by atoms with Gasteiger partial charge < -0.3 is 14.4 Å². The van der Waals surface area contributed by atoms with Crippen molar-refractivity contribution in [3.63, 3.8) is 0 Å². The summed E-state index contributed by atoms with van der Waals surface area (Å²) >= 11 is 0. The van der Waals surface area contributed by atoms with Gasteiger partial charge >= 0.3 is 7.60 Å². The van der Waals surface area contributed by atoms with Crippen molar-refractivity contribution in [3.8, 4) is 0 Å². The van der Waals surface area contributed by atoms with Crippen molar-refractivity contribution >= 4 is 13.3 Å². The Morgan fingerprint density at radius 1 is 1.11 bits per heavy atom. The molecule has 0 fully saturated rings. The van der Waals surface area contributed by atoms with E-state index in [-0.39, 0.29) is 6.29 Å². The van der Waals surface area contributed by atoms with Crippen LogP contribution in [0.25, 0.3) is 0 Å². The number of para-hydroxylation sites is 1. The van der Waals surface area contributed by atoms with Gasteiger partial charge in [0.2, 0.25) is 0 Å². The molecule has 0 saturated heterocycles. The lowest BCUT2D eigenvalue weighted by Crippen LogP contribution is -2.09. The smallest absolute Gasteiger partial charge is 0.349 e. The zero-order valence-corrected chi connectivity index (χ0v) is 12.4. The van der Waals surface area contributed by atoms with Gasteiger partial charge in [-0.2, -0.15) is 0 Å².